The predicted molar refractivity (Wildman–Crippen MR) is 87.3 cm³/mol. The van der Waals surface area contributed by atoms with Gasteiger partial charge in [0.05, 0.1) is 6.04 Å². The normalized spacial score (nSPS) is 20.7. The molecule has 1 fully saturated rings. The lowest BCUT2D eigenvalue weighted by atomic mass is 10.0. The van der Waals surface area contributed by atoms with Gasteiger partial charge in [0, 0.05) is 12.6 Å². The Bertz CT molecular complexity index is 441. The van der Waals surface area contributed by atoms with E-state index in [0.29, 0.717) is 0 Å². The average molecular weight is 288 g/mol. The third-order valence-electron chi connectivity index (χ3n) is 4.29. The number of amides is 1. The second-order valence-corrected chi connectivity index (χ2v) is 6.07. The summed E-state index contributed by atoms with van der Waals surface area (Å²) in [5.41, 5.74) is 2.66. The first kappa shape index (κ1) is 16.0. The molecule has 3 nitrogen and oxygen atoms in total. The largest absolute Gasteiger partial charge is 0.355 e. The number of nitrogens with one attached hydrogen (secondary N) is 2. The number of hydrogen-bond acceptors (Lipinski definition) is 2. The zero-order valence-corrected chi connectivity index (χ0v) is 13.3. The maximum Gasteiger partial charge on any atom is 0.237 e. The van der Waals surface area contributed by atoms with Crippen molar-refractivity contribution in [2.24, 2.45) is 0 Å². The van der Waals surface area contributed by atoms with Gasteiger partial charge in [-0.3, -0.25) is 10.1 Å². The van der Waals surface area contributed by atoms with Crippen molar-refractivity contribution in [1.29, 1.82) is 0 Å². The van der Waals surface area contributed by atoms with E-state index in [2.05, 4.69) is 48.7 Å². The molecule has 0 radical (unpaired) electrons. The third kappa shape index (κ3) is 4.85. The van der Waals surface area contributed by atoms with Crippen molar-refractivity contribution in [2.45, 2.75) is 64.5 Å². The smallest absolute Gasteiger partial charge is 0.237 e. The van der Waals surface area contributed by atoms with Crippen molar-refractivity contribution in [3.8, 4) is 0 Å². The fraction of sp³-hybridized carbons (Fsp3) is 0.611. The molecule has 0 aromatic heterocycles. The molecule has 1 aliphatic heterocycles. The van der Waals surface area contributed by atoms with E-state index in [1.54, 1.807) is 0 Å². The van der Waals surface area contributed by atoms with E-state index in [1.807, 2.05) is 0 Å². The van der Waals surface area contributed by atoms with E-state index in [-0.39, 0.29) is 18.0 Å². The first-order chi connectivity index (χ1) is 10.2. The molecular formula is C18H28N2O. The van der Waals surface area contributed by atoms with Gasteiger partial charge in [0.25, 0.3) is 0 Å². The minimum absolute atomic E-state index is 0.0535. The van der Waals surface area contributed by atoms with Crippen molar-refractivity contribution in [3.63, 3.8) is 0 Å². The Morgan fingerprint density at radius 1 is 1.29 bits per heavy atom. The molecule has 1 saturated heterocycles. The molecule has 2 unspecified atom stereocenters. The van der Waals surface area contributed by atoms with Crippen LogP contribution in [0.5, 0.6) is 0 Å². The van der Waals surface area contributed by atoms with E-state index in [0.717, 1.165) is 32.2 Å². The summed E-state index contributed by atoms with van der Waals surface area (Å²) in [6.07, 6.45) is 6.77. The molecule has 1 aromatic carbocycles. The minimum atomic E-state index is -0.0535. The number of rotatable bonds is 6. The van der Waals surface area contributed by atoms with Crippen LogP contribution in [0.25, 0.3) is 0 Å². The molecule has 2 rings (SSSR count). The third-order valence-corrected chi connectivity index (χ3v) is 4.29. The summed E-state index contributed by atoms with van der Waals surface area (Å²) >= 11 is 0. The summed E-state index contributed by atoms with van der Waals surface area (Å²) in [4.78, 5) is 12.0. The van der Waals surface area contributed by atoms with Gasteiger partial charge in [-0.2, -0.15) is 0 Å². The first-order valence-electron chi connectivity index (χ1n) is 8.33. The maximum atomic E-state index is 12.0. The number of carbonyl (C=O) groups is 1. The highest BCUT2D eigenvalue weighted by Crippen LogP contribution is 2.17. The summed E-state index contributed by atoms with van der Waals surface area (Å²) in [5, 5.41) is 6.46. The van der Waals surface area contributed by atoms with Crippen LogP contribution in [0.2, 0.25) is 0 Å². The molecule has 1 heterocycles. The van der Waals surface area contributed by atoms with E-state index in [9.17, 15) is 4.79 Å². The fourth-order valence-electron chi connectivity index (χ4n) is 2.85. The molecule has 116 valence electrons. The topological polar surface area (TPSA) is 41.1 Å². The van der Waals surface area contributed by atoms with Crippen molar-refractivity contribution in [2.75, 3.05) is 6.54 Å². The minimum Gasteiger partial charge on any atom is -0.355 e. The molecule has 1 aliphatic rings. The maximum absolute atomic E-state index is 12.0. The Morgan fingerprint density at radius 2 is 2.05 bits per heavy atom. The molecule has 1 aromatic rings. The van der Waals surface area contributed by atoms with Crippen LogP contribution in [0.3, 0.4) is 0 Å². The molecule has 3 heteroatoms. The molecule has 0 spiro atoms. The van der Waals surface area contributed by atoms with E-state index in [1.165, 1.54) is 24.0 Å². The van der Waals surface area contributed by atoms with Crippen molar-refractivity contribution < 1.29 is 4.79 Å². The van der Waals surface area contributed by atoms with Gasteiger partial charge in [0.15, 0.2) is 0 Å². The summed E-state index contributed by atoms with van der Waals surface area (Å²) in [5.74, 6) is 0.152. The Hall–Kier alpha value is -1.35. The summed E-state index contributed by atoms with van der Waals surface area (Å²) in [6.45, 7) is 5.18. The highest BCUT2D eigenvalue weighted by atomic mass is 16.2. The van der Waals surface area contributed by atoms with Crippen LogP contribution in [-0.2, 0) is 11.2 Å². The average Bonchev–Trinajstić information content (AvgIpc) is 2.70. The van der Waals surface area contributed by atoms with Crippen LogP contribution in [0.1, 0.15) is 63.1 Å². The molecular weight excluding hydrogens is 260 g/mol. The van der Waals surface area contributed by atoms with E-state index in [4.69, 9.17) is 0 Å². The lowest BCUT2D eigenvalue weighted by Gasteiger charge is -2.21. The van der Waals surface area contributed by atoms with Crippen LogP contribution in [0.4, 0.5) is 0 Å². The van der Waals surface area contributed by atoms with Crippen molar-refractivity contribution >= 4 is 5.91 Å². The fourth-order valence-corrected chi connectivity index (χ4v) is 2.85. The number of carbonyl (C=O) groups excluding carboxylic acids is 1. The summed E-state index contributed by atoms with van der Waals surface area (Å²) in [7, 11) is 0. The number of unbranched alkanes of at least 4 members (excludes halogenated alkanes) is 1. The quantitative estimate of drug-likeness (QED) is 0.843. The predicted octanol–water partition coefficient (Wildman–Crippen LogP) is 3.35. The van der Waals surface area contributed by atoms with Gasteiger partial charge >= 0.3 is 0 Å². The monoisotopic (exact) mass is 288 g/mol. The van der Waals surface area contributed by atoms with Gasteiger partial charge in [-0.1, -0.05) is 37.6 Å². The van der Waals surface area contributed by atoms with Crippen LogP contribution < -0.4 is 10.6 Å². The SMILES string of the molecule is CCCCc1ccc(C(C)NC2CCCCNC2=O)cc1. The Balaban J connectivity index is 1.92. The second-order valence-electron chi connectivity index (χ2n) is 6.07. The zero-order chi connectivity index (χ0) is 15.1. The molecule has 0 saturated carbocycles. The Kier molecular flexibility index (Phi) is 6.24. The van der Waals surface area contributed by atoms with E-state index >= 15 is 0 Å². The molecule has 0 bridgehead atoms. The summed E-state index contributed by atoms with van der Waals surface area (Å²) in [6, 6.07) is 8.97. The van der Waals surface area contributed by atoms with Gasteiger partial charge in [0.1, 0.15) is 0 Å². The standard InChI is InChI=1S/C18H28N2O/c1-3-4-7-15-9-11-16(12-10-15)14(2)20-17-8-5-6-13-19-18(17)21/h9-12,14,17,20H,3-8,13H2,1-2H3,(H,19,21). The Labute approximate surface area is 128 Å². The molecule has 2 N–H and O–H groups in total. The highest BCUT2D eigenvalue weighted by molar-refractivity contribution is 5.81. The van der Waals surface area contributed by atoms with Crippen LogP contribution in [-0.4, -0.2) is 18.5 Å². The molecule has 2 atom stereocenters. The highest BCUT2D eigenvalue weighted by Gasteiger charge is 2.22. The van der Waals surface area contributed by atoms with Crippen LogP contribution >= 0.6 is 0 Å². The van der Waals surface area contributed by atoms with Gasteiger partial charge < -0.3 is 5.32 Å². The number of benzene rings is 1. The summed E-state index contributed by atoms with van der Waals surface area (Å²) < 4.78 is 0. The number of aryl methyl sites for hydroxylation is 1. The first-order valence-corrected chi connectivity index (χ1v) is 8.33. The zero-order valence-electron chi connectivity index (χ0n) is 13.3. The molecule has 21 heavy (non-hydrogen) atoms. The van der Waals surface area contributed by atoms with Gasteiger partial charge in [-0.15, -0.1) is 0 Å². The van der Waals surface area contributed by atoms with Crippen molar-refractivity contribution in [3.05, 3.63) is 35.4 Å². The lowest BCUT2D eigenvalue weighted by molar-refractivity contribution is -0.123. The van der Waals surface area contributed by atoms with Crippen LogP contribution in [0, 0.1) is 0 Å². The van der Waals surface area contributed by atoms with Gasteiger partial charge in [-0.25, -0.2) is 0 Å². The molecule has 1 amide bonds. The number of hydrogen-bond donors (Lipinski definition) is 2. The van der Waals surface area contributed by atoms with Gasteiger partial charge in [-0.05, 0) is 50.2 Å². The van der Waals surface area contributed by atoms with E-state index < -0.39 is 0 Å². The Morgan fingerprint density at radius 3 is 2.76 bits per heavy atom. The van der Waals surface area contributed by atoms with Gasteiger partial charge in [0.2, 0.25) is 5.91 Å². The molecule has 0 aliphatic carbocycles. The second kappa shape index (κ2) is 8.18. The lowest BCUT2D eigenvalue weighted by Crippen LogP contribution is -2.43. The van der Waals surface area contributed by atoms with Crippen molar-refractivity contribution in [1.82, 2.24) is 10.6 Å². The van der Waals surface area contributed by atoms with Crippen LogP contribution in [0.15, 0.2) is 24.3 Å².